The Balaban J connectivity index is 4.94. The topological polar surface area (TPSA) is 87.7 Å². The van der Waals surface area contributed by atoms with Crippen molar-refractivity contribution >= 4 is 17.9 Å². The molecule has 22 heavy (non-hydrogen) atoms. The molecule has 0 aromatic carbocycles. The summed E-state index contributed by atoms with van der Waals surface area (Å²) in [4.78, 5) is 37.1. The van der Waals surface area contributed by atoms with Crippen molar-refractivity contribution < 1.29 is 19.1 Å². The van der Waals surface area contributed by atoms with Gasteiger partial charge >= 0.3 is 6.09 Å². The zero-order valence-corrected chi connectivity index (χ0v) is 14.6. The Morgan fingerprint density at radius 3 is 2.18 bits per heavy atom. The Morgan fingerprint density at radius 1 is 1.23 bits per heavy atom. The summed E-state index contributed by atoms with van der Waals surface area (Å²) in [5, 5.41) is 5.07. The van der Waals surface area contributed by atoms with Crippen molar-refractivity contribution in [2.24, 2.45) is 5.92 Å². The molecule has 0 rings (SSSR count). The Morgan fingerprint density at radius 2 is 1.77 bits per heavy atom. The van der Waals surface area contributed by atoms with Gasteiger partial charge < -0.3 is 20.3 Å². The second-order valence-corrected chi connectivity index (χ2v) is 6.38. The van der Waals surface area contributed by atoms with Crippen LogP contribution in [0.1, 0.15) is 41.0 Å². The number of hydrogen-bond acceptors (Lipinski definition) is 4. The molecule has 3 amide bonds. The largest absolute Gasteiger partial charge is 0.444 e. The predicted molar refractivity (Wildman–Crippen MR) is 84.3 cm³/mol. The highest BCUT2D eigenvalue weighted by atomic mass is 16.6. The van der Waals surface area contributed by atoms with Gasteiger partial charge in [-0.1, -0.05) is 20.3 Å². The van der Waals surface area contributed by atoms with E-state index in [0.29, 0.717) is 6.42 Å². The van der Waals surface area contributed by atoms with Gasteiger partial charge in [-0.25, -0.2) is 4.79 Å². The van der Waals surface area contributed by atoms with Gasteiger partial charge in [-0.3, -0.25) is 9.59 Å². The van der Waals surface area contributed by atoms with Crippen molar-refractivity contribution in [2.75, 3.05) is 20.6 Å². The van der Waals surface area contributed by atoms with Gasteiger partial charge in [-0.15, -0.1) is 0 Å². The Bertz CT molecular complexity index is 404. The zero-order valence-electron chi connectivity index (χ0n) is 14.6. The molecule has 0 aromatic rings. The van der Waals surface area contributed by atoms with E-state index in [1.54, 1.807) is 20.8 Å². The maximum absolute atomic E-state index is 12.5. The molecule has 2 atom stereocenters. The van der Waals surface area contributed by atoms with Gasteiger partial charge in [-0.2, -0.15) is 0 Å². The third-order valence-corrected chi connectivity index (χ3v) is 3.19. The van der Waals surface area contributed by atoms with E-state index >= 15 is 0 Å². The lowest BCUT2D eigenvalue weighted by atomic mass is 9.98. The fourth-order valence-corrected chi connectivity index (χ4v) is 1.73. The van der Waals surface area contributed by atoms with Gasteiger partial charge in [0.05, 0.1) is 6.54 Å². The van der Waals surface area contributed by atoms with Crippen molar-refractivity contribution in [3.05, 3.63) is 0 Å². The van der Waals surface area contributed by atoms with Gasteiger partial charge in [0.1, 0.15) is 11.6 Å². The van der Waals surface area contributed by atoms with E-state index in [2.05, 4.69) is 10.6 Å². The average molecular weight is 315 g/mol. The third-order valence-electron chi connectivity index (χ3n) is 3.19. The van der Waals surface area contributed by atoms with Crippen molar-refractivity contribution in [3.63, 3.8) is 0 Å². The molecule has 0 unspecified atom stereocenters. The molecule has 7 nitrogen and oxygen atoms in total. The number of amides is 3. The van der Waals surface area contributed by atoms with Gasteiger partial charge in [0.15, 0.2) is 0 Å². The molecule has 0 saturated carbocycles. The van der Waals surface area contributed by atoms with Gasteiger partial charge in [-0.05, 0) is 26.7 Å². The number of ether oxygens (including phenoxy) is 1. The molecule has 0 radical (unpaired) electrons. The van der Waals surface area contributed by atoms with Crippen LogP contribution < -0.4 is 10.6 Å². The average Bonchev–Trinajstić information content (AvgIpc) is 2.40. The number of nitrogens with one attached hydrogen (secondary N) is 2. The lowest BCUT2D eigenvalue weighted by Gasteiger charge is -2.29. The highest BCUT2D eigenvalue weighted by Gasteiger charge is 2.30. The molecular weight excluding hydrogens is 286 g/mol. The number of rotatable bonds is 6. The van der Waals surface area contributed by atoms with Crippen LogP contribution in [0.4, 0.5) is 4.79 Å². The standard InChI is InChI=1S/C15H29N3O4/c1-8-10(2)12(17-14(21)22-15(3,4)5)13(20)18(7)9-11(19)16-6/h10,12H,8-9H2,1-7H3,(H,16,19)(H,17,21)/t10-,12-/m0/s1. The molecule has 0 fully saturated rings. The molecule has 0 spiro atoms. The molecule has 0 aliphatic rings. The number of alkyl carbamates (subject to hydrolysis) is 1. The van der Waals surface area contributed by atoms with Crippen LogP contribution in [0.25, 0.3) is 0 Å². The fourth-order valence-electron chi connectivity index (χ4n) is 1.73. The molecule has 0 aliphatic carbocycles. The quantitative estimate of drug-likeness (QED) is 0.769. The fraction of sp³-hybridized carbons (Fsp3) is 0.800. The summed E-state index contributed by atoms with van der Waals surface area (Å²) in [6, 6.07) is -0.727. The lowest BCUT2D eigenvalue weighted by Crippen LogP contribution is -2.53. The second kappa shape index (κ2) is 8.60. The summed E-state index contributed by atoms with van der Waals surface area (Å²) in [6.45, 7) is 9.01. The van der Waals surface area contributed by atoms with Crippen molar-refractivity contribution in [1.82, 2.24) is 15.5 Å². The minimum atomic E-state index is -0.727. The highest BCUT2D eigenvalue weighted by Crippen LogP contribution is 2.12. The summed E-state index contributed by atoms with van der Waals surface area (Å²) < 4.78 is 5.19. The Labute approximate surface area is 132 Å². The number of likely N-dealkylation sites (N-methyl/N-ethyl adjacent to an activating group) is 2. The van der Waals surface area contributed by atoms with E-state index in [4.69, 9.17) is 4.74 Å². The first kappa shape index (κ1) is 20.2. The second-order valence-electron chi connectivity index (χ2n) is 6.38. The summed E-state index contributed by atoms with van der Waals surface area (Å²) in [5.41, 5.74) is -0.638. The first-order chi connectivity index (χ1) is 10.0. The van der Waals surface area contributed by atoms with Crippen LogP contribution in [0.2, 0.25) is 0 Å². The lowest BCUT2D eigenvalue weighted by molar-refractivity contribution is -0.137. The minimum Gasteiger partial charge on any atom is -0.444 e. The van der Waals surface area contributed by atoms with Crippen LogP contribution in [0, 0.1) is 5.92 Å². The molecule has 128 valence electrons. The SMILES string of the molecule is CC[C@H](C)[C@H](NC(=O)OC(C)(C)C)C(=O)N(C)CC(=O)NC. The van der Waals surface area contributed by atoms with Gasteiger partial charge in [0.25, 0.3) is 0 Å². The maximum atomic E-state index is 12.5. The van der Waals surface area contributed by atoms with Crippen molar-refractivity contribution in [1.29, 1.82) is 0 Å². The highest BCUT2D eigenvalue weighted by molar-refractivity contribution is 5.89. The van der Waals surface area contributed by atoms with Crippen molar-refractivity contribution in [2.45, 2.75) is 52.7 Å². The first-order valence-corrected chi connectivity index (χ1v) is 7.46. The monoisotopic (exact) mass is 315 g/mol. The van der Waals surface area contributed by atoms with Crippen LogP contribution in [-0.2, 0) is 14.3 Å². The number of hydrogen-bond donors (Lipinski definition) is 2. The van der Waals surface area contributed by atoms with E-state index in [0.717, 1.165) is 0 Å². The zero-order chi connectivity index (χ0) is 17.5. The number of nitrogens with zero attached hydrogens (tertiary/aromatic N) is 1. The van der Waals surface area contributed by atoms with E-state index < -0.39 is 17.7 Å². The van der Waals surface area contributed by atoms with Gasteiger partial charge in [0, 0.05) is 14.1 Å². The summed E-state index contributed by atoms with van der Waals surface area (Å²) in [6.07, 6.45) is 0.0690. The molecule has 7 heteroatoms. The minimum absolute atomic E-state index is 0.0573. The van der Waals surface area contributed by atoms with Crippen LogP contribution in [-0.4, -0.2) is 55.1 Å². The van der Waals surface area contributed by atoms with Crippen LogP contribution in [0.3, 0.4) is 0 Å². The van der Waals surface area contributed by atoms with Gasteiger partial charge in [0.2, 0.25) is 11.8 Å². The molecule has 0 aromatic heterocycles. The third kappa shape index (κ3) is 7.28. The summed E-state index contributed by atoms with van der Waals surface area (Å²) in [5.74, 6) is -0.660. The maximum Gasteiger partial charge on any atom is 0.408 e. The summed E-state index contributed by atoms with van der Waals surface area (Å²) >= 11 is 0. The van der Waals surface area contributed by atoms with E-state index in [1.165, 1.54) is 19.0 Å². The van der Waals surface area contributed by atoms with Crippen molar-refractivity contribution in [3.8, 4) is 0 Å². The smallest absolute Gasteiger partial charge is 0.408 e. The first-order valence-electron chi connectivity index (χ1n) is 7.46. The normalized spacial score (nSPS) is 13.8. The predicted octanol–water partition coefficient (Wildman–Crippen LogP) is 1.13. The number of carbonyl (C=O) groups excluding carboxylic acids is 3. The van der Waals surface area contributed by atoms with Crippen LogP contribution in [0.15, 0.2) is 0 Å². The summed E-state index contributed by atoms with van der Waals surface area (Å²) in [7, 11) is 3.04. The van der Waals surface area contributed by atoms with E-state index in [1.807, 2.05) is 13.8 Å². The Hall–Kier alpha value is -1.79. The molecule has 0 bridgehead atoms. The van der Waals surface area contributed by atoms with Crippen LogP contribution in [0.5, 0.6) is 0 Å². The molecular formula is C15H29N3O4. The molecule has 2 N–H and O–H groups in total. The molecule has 0 heterocycles. The Kier molecular flexibility index (Phi) is 7.90. The van der Waals surface area contributed by atoms with E-state index in [9.17, 15) is 14.4 Å². The molecule has 0 aliphatic heterocycles. The molecule has 0 saturated heterocycles. The van der Waals surface area contributed by atoms with Crippen LogP contribution >= 0.6 is 0 Å². The number of carbonyl (C=O) groups is 3. The van der Waals surface area contributed by atoms with E-state index in [-0.39, 0.29) is 24.3 Å².